The lowest BCUT2D eigenvalue weighted by atomic mass is 10.1. The third kappa shape index (κ3) is 5.18. The van der Waals surface area contributed by atoms with E-state index in [1.54, 1.807) is 26.2 Å². The summed E-state index contributed by atoms with van der Waals surface area (Å²) in [6.45, 7) is 4.34. The Morgan fingerprint density at radius 2 is 1.82 bits per heavy atom. The lowest BCUT2D eigenvalue weighted by Crippen LogP contribution is -2.42. The standard InChI is InChI=1S/C22H27ClN2O3/c1-16(28-21-8-4-3-7-19(21)23)22(26)24-15-20(25-13-5-6-14-25)17-9-11-18(27-2)12-10-17/h3-4,7-12,16,20H,5-6,13-15H2,1-2H3,(H,24,26)/t16-,20-/m1/s1. The monoisotopic (exact) mass is 402 g/mol. The number of para-hydroxylation sites is 1. The molecule has 6 heteroatoms. The van der Waals surface area contributed by atoms with E-state index >= 15 is 0 Å². The molecule has 0 unspecified atom stereocenters. The fourth-order valence-corrected chi connectivity index (χ4v) is 3.64. The molecule has 0 saturated carbocycles. The maximum atomic E-state index is 12.6. The van der Waals surface area contributed by atoms with Crippen LogP contribution in [0.1, 0.15) is 31.4 Å². The number of amides is 1. The number of carbonyl (C=O) groups is 1. The Labute approximate surface area is 171 Å². The van der Waals surface area contributed by atoms with Gasteiger partial charge in [-0.2, -0.15) is 0 Å². The lowest BCUT2D eigenvalue weighted by Gasteiger charge is -2.29. The Kier molecular flexibility index (Phi) is 7.18. The molecule has 1 fully saturated rings. The summed E-state index contributed by atoms with van der Waals surface area (Å²) < 4.78 is 11.0. The number of carbonyl (C=O) groups excluding carboxylic acids is 1. The van der Waals surface area contributed by atoms with Crippen LogP contribution in [0.25, 0.3) is 0 Å². The number of nitrogens with one attached hydrogen (secondary N) is 1. The summed E-state index contributed by atoms with van der Waals surface area (Å²) in [5, 5.41) is 3.54. The van der Waals surface area contributed by atoms with Crippen molar-refractivity contribution in [3.63, 3.8) is 0 Å². The first-order valence-corrected chi connectivity index (χ1v) is 10.0. The van der Waals surface area contributed by atoms with Crippen molar-refractivity contribution in [2.24, 2.45) is 0 Å². The predicted octanol–water partition coefficient (Wildman–Crippen LogP) is 4.07. The Bertz CT molecular complexity index is 776. The summed E-state index contributed by atoms with van der Waals surface area (Å²) in [6.07, 6.45) is 1.74. The van der Waals surface area contributed by atoms with Gasteiger partial charge in [0.05, 0.1) is 18.2 Å². The molecule has 0 bridgehead atoms. The first-order chi connectivity index (χ1) is 13.6. The first-order valence-electron chi connectivity index (χ1n) is 9.65. The van der Waals surface area contributed by atoms with Crippen molar-refractivity contribution >= 4 is 17.5 Å². The van der Waals surface area contributed by atoms with Crippen LogP contribution in [0.3, 0.4) is 0 Å². The maximum absolute atomic E-state index is 12.6. The van der Waals surface area contributed by atoms with Gasteiger partial charge >= 0.3 is 0 Å². The molecular weight excluding hydrogens is 376 g/mol. The molecule has 0 aromatic heterocycles. The van der Waals surface area contributed by atoms with Crippen LogP contribution in [0.5, 0.6) is 11.5 Å². The smallest absolute Gasteiger partial charge is 0.260 e. The van der Waals surface area contributed by atoms with E-state index in [0.29, 0.717) is 17.3 Å². The van der Waals surface area contributed by atoms with Crippen LogP contribution >= 0.6 is 11.6 Å². The van der Waals surface area contributed by atoms with Gasteiger partial charge in [-0.25, -0.2) is 0 Å². The molecule has 28 heavy (non-hydrogen) atoms. The summed E-state index contributed by atoms with van der Waals surface area (Å²) in [5.74, 6) is 1.19. The van der Waals surface area contributed by atoms with Gasteiger partial charge in [0.1, 0.15) is 11.5 Å². The van der Waals surface area contributed by atoms with E-state index in [2.05, 4.69) is 22.3 Å². The van der Waals surface area contributed by atoms with E-state index in [1.165, 1.54) is 18.4 Å². The van der Waals surface area contributed by atoms with E-state index < -0.39 is 6.10 Å². The van der Waals surface area contributed by atoms with E-state index in [-0.39, 0.29) is 11.9 Å². The predicted molar refractivity (Wildman–Crippen MR) is 111 cm³/mol. The molecule has 0 radical (unpaired) electrons. The van der Waals surface area contributed by atoms with Crippen LogP contribution < -0.4 is 14.8 Å². The van der Waals surface area contributed by atoms with Gasteiger partial charge in [-0.05, 0) is 62.7 Å². The normalized spacial score (nSPS) is 16.4. The molecule has 3 rings (SSSR count). The number of benzene rings is 2. The van der Waals surface area contributed by atoms with Gasteiger partial charge in [0.15, 0.2) is 6.10 Å². The average Bonchev–Trinajstić information content (AvgIpc) is 3.24. The molecule has 2 aromatic rings. The number of likely N-dealkylation sites (tertiary alicyclic amines) is 1. The highest BCUT2D eigenvalue weighted by molar-refractivity contribution is 6.32. The van der Waals surface area contributed by atoms with Gasteiger partial charge in [0.25, 0.3) is 5.91 Å². The Balaban J connectivity index is 1.63. The molecule has 5 nitrogen and oxygen atoms in total. The van der Waals surface area contributed by atoms with Crippen LogP contribution in [-0.4, -0.2) is 43.7 Å². The highest BCUT2D eigenvalue weighted by Crippen LogP contribution is 2.27. The van der Waals surface area contributed by atoms with Gasteiger partial charge < -0.3 is 14.8 Å². The van der Waals surface area contributed by atoms with Crippen molar-refractivity contribution in [3.8, 4) is 11.5 Å². The molecule has 1 amide bonds. The second-order valence-corrected chi connectivity index (χ2v) is 7.37. The molecule has 2 aromatic carbocycles. The first kappa shape index (κ1) is 20.5. The third-order valence-corrected chi connectivity index (χ3v) is 5.37. The van der Waals surface area contributed by atoms with Crippen LogP contribution in [0.4, 0.5) is 0 Å². The molecule has 1 aliphatic heterocycles. The second-order valence-electron chi connectivity index (χ2n) is 6.97. The van der Waals surface area contributed by atoms with Gasteiger partial charge in [0.2, 0.25) is 0 Å². The van der Waals surface area contributed by atoms with E-state index in [1.807, 2.05) is 24.3 Å². The Morgan fingerprint density at radius 3 is 2.46 bits per heavy atom. The zero-order chi connectivity index (χ0) is 19.9. The molecule has 1 saturated heterocycles. The largest absolute Gasteiger partial charge is 0.497 e. The fourth-order valence-electron chi connectivity index (χ4n) is 3.46. The van der Waals surface area contributed by atoms with E-state index in [9.17, 15) is 4.79 Å². The molecule has 0 spiro atoms. The second kappa shape index (κ2) is 9.80. The molecule has 1 aliphatic rings. The summed E-state index contributed by atoms with van der Waals surface area (Å²) >= 11 is 6.12. The Hall–Kier alpha value is -2.24. The van der Waals surface area contributed by atoms with Crippen LogP contribution in [0.2, 0.25) is 5.02 Å². The minimum Gasteiger partial charge on any atom is -0.497 e. The molecule has 0 aliphatic carbocycles. The highest BCUT2D eigenvalue weighted by Gasteiger charge is 2.25. The van der Waals surface area contributed by atoms with Gasteiger partial charge in [-0.15, -0.1) is 0 Å². The number of hydrogen-bond donors (Lipinski definition) is 1. The fraction of sp³-hybridized carbons (Fsp3) is 0.409. The number of rotatable bonds is 8. The molecular formula is C22H27ClN2O3. The summed E-state index contributed by atoms with van der Waals surface area (Å²) in [5.41, 5.74) is 1.17. The molecule has 1 heterocycles. The maximum Gasteiger partial charge on any atom is 0.260 e. The van der Waals surface area contributed by atoms with Crippen molar-refractivity contribution in [2.45, 2.75) is 31.9 Å². The summed E-state index contributed by atoms with van der Waals surface area (Å²) in [4.78, 5) is 15.0. The van der Waals surface area contributed by atoms with Crippen LogP contribution in [-0.2, 0) is 4.79 Å². The average molecular weight is 403 g/mol. The van der Waals surface area contributed by atoms with Crippen molar-refractivity contribution < 1.29 is 14.3 Å². The summed E-state index contributed by atoms with van der Waals surface area (Å²) in [6, 6.07) is 15.4. The van der Waals surface area contributed by atoms with E-state index in [4.69, 9.17) is 21.1 Å². The molecule has 1 N–H and O–H groups in total. The minimum absolute atomic E-state index is 0.130. The zero-order valence-electron chi connectivity index (χ0n) is 16.4. The van der Waals surface area contributed by atoms with Crippen molar-refractivity contribution in [1.29, 1.82) is 0 Å². The van der Waals surface area contributed by atoms with Gasteiger partial charge in [0, 0.05) is 6.54 Å². The highest BCUT2D eigenvalue weighted by atomic mass is 35.5. The third-order valence-electron chi connectivity index (χ3n) is 5.06. The minimum atomic E-state index is -0.630. The molecule has 150 valence electrons. The van der Waals surface area contributed by atoms with Crippen LogP contribution in [0.15, 0.2) is 48.5 Å². The quantitative estimate of drug-likeness (QED) is 0.723. The topological polar surface area (TPSA) is 50.8 Å². The van der Waals surface area contributed by atoms with Crippen molar-refractivity contribution in [3.05, 3.63) is 59.1 Å². The SMILES string of the molecule is COc1ccc([C@@H](CNC(=O)[C@@H](C)Oc2ccccc2Cl)N2CCCC2)cc1. The number of halogens is 1. The van der Waals surface area contributed by atoms with Crippen LogP contribution in [0, 0.1) is 0 Å². The number of nitrogens with zero attached hydrogens (tertiary/aromatic N) is 1. The zero-order valence-corrected chi connectivity index (χ0v) is 17.1. The Morgan fingerprint density at radius 1 is 1.14 bits per heavy atom. The van der Waals surface area contributed by atoms with Crippen molar-refractivity contribution in [2.75, 3.05) is 26.7 Å². The number of ether oxygens (including phenoxy) is 2. The number of methoxy groups -OCH3 is 1. The lowest BCUT2D eigenvalue weighted by molar-refractivity contribution is -0.127. The van der Waals surface area contributed by atoms with E-state index in [0.717, 1.165) is 18.8 Å². The van der Waals surface area contributed by atoms with Crippen molar-refractivity contribution in [1.82, 2.24) is 10.2 Å². The van der Waals surface area contributed by atoms with Gasteiger partial charge in [-0.1, -0.05) is 35.9 Å². The van der Waals surface area contributed by atoms with Gasteiger partial charge in [-0.3, -0.25) is 9.69 Å². The number of hydrogen-bond acceptors (Lipinski definition) is 4. The molecule has 2 atom stereocenters. The summed E-state index contributed by atoms with van der Waals surface area (Å²) in [7, 11) is 1.66.